The highest BCUT2D eigenvalue weighted by molar-refractivity contribution is 5.92. The van der Waals surface area contributed by atoms with Gasteiger partial charge in [0.05, 0.1) is 12.7 Å². The number of rotatable bonds is 4. The van der Waals surface area contributed by atoms with Gasteiger partial charge in [-0.05, 0) is 17.7 Å². The lowest BCUT2D eigenvalue weighted by molar-refractivity contribution is 0.1000. The SMILES string of the molecule is N#CCOCc1ccc(C(N)=O)cc1. The van der Waals surface area contributed by atoms with E-state index in [0.29, 0.717) is 12.2 Å². The van der Waals surface area contributed by atoms with Crippen LogP contribution < -0.4 is 5.73 Å². The summed E-state index contributed by atoms with van der Waals surface area (Å²) in [5, 5.41) is 8.22. The lowest BCUT2D eigenvalue weighted by Gasteiger charge is -2.00. The van der Waals surface area contributed by atoms with Gasteiger partial charge in [0.15, 0.2) is 0 Å². The summed E-state index contributed by atoms with van der Waals surface area (Å²) in [6.07, 6.45) is 0. The molecule has 14 heavy (non-hydrogen) atoms. The molecule has 0 spiro atoms. The van der Waals surface area contributed by atoms with E-state index in [-0.39, 0.29) is 6.61 Å². The zero-order valence-electron chi connectivity index (χ0n) is 7.56. The Morgan fingerprint density at radius 1 is 1.43 bits per heavy atom. The van der Waals surface area contributed by atoms with Crippen LogP contribution in [0.3, 0.4) is 0 Å². The molecule has 0 atom stereocenters. The van der Waals surface area contributed by atoms with Crippen LogP contribution in [0.5, 0.6) is 0 Å². The van der Waals surface area contributed by atoms with Gasteiger partial charge in [-0.1, -0.05) is 12.1 Å². The van der Waals surface area contributed by atoms with Crippen molar-refractivity contribution in [2.24, 2.45) is 5.73 Å². The van der Waals surface area contributed by atoms with Crippen molar-refractivity contribution in [2.75, 3.05) is 6.61 Å². The van der Waals surface area contributed by atoms with Crippen LogP contribution >= 0.6 is 0 Å². The van der Waals surface area contributed by atoms with E-state index in [1.165, 1.54) is 0 Å². The third-order valence-corrected chi connectivity index (χ3v) is 1.67. The van der Waals surface area contributed by atoms with Gasteiger partial charge in [0.1, 0.15) is 6.61 Å². The standard InChI is InChI=1S/C10H10N2O2/c11-5-6-14-7-8-1-3-9(4-2-8)10(12)13/h1-4H,6-7H2,(H2,12,13). The van der Waals surface area contributed by atoms with Crippen LogP contribution in [0.2, 0.25) is 0 Å². The number of nitrogens with zero attached hydrogens (tertiary/aromatic N) is 1. The topological polar surface area (TPSA) is 76.1 Å². The van der Waals surface area contributed by atoms with E-state index in [4.69, 9.17) is 15.7 Å². The Labute approximate surface area is 81.9 Å². The van der Waals surface area contributed by atoms with E-state index >= 15 is 0 Å². The molecule has 0 fully saturated rings. The summed E-state index contributed by atoms with van der Waals surface area (Å²) in [6.45, 7) is 0.435. The molecule has 0 saturated carbocycles. The van der Waals surface area contributed by atoms with Gasteiger partial charge < -0.3 is 10.5 Å². The molecule has 1 aromatic carbocycles. The minimum Gasteiger partial charge on any atom is -0.366 e. The number of amides is 1. The number of hydrogen-bond acceptors (Lipinski definition) is 3. The van der Waals surface area contributed by atoms with E-state index in [9.17, 15) is 4.79 Å². The lowest BCUT2D eigenvalue weighted by Crippen LogP contribution is -2.10. The van der Waals surface area contributed by atoms with Gasteiger partial charge >= 0.3 is 0 Å². The molecular weight excluding hydrogens is 180 g/mol. The largest absolute Gasteiger partial charge is 0.366 e. The fourth-order valence-electron chi connectivity index (χ4n) is 0.980. The van der Waals surface area contributed by atoms with Crippen LogP contribution in [0.15, 0.2) is 24.3 Å². The molecule has 1 amide bonds. The summed E-state index contributed by atoms with van der Waals surface area (Å²) in [7, 11) is 0. The molecule has 0 aromatic heterocycles. The van der Waals surface area contributed by atoms with E-state index in [0.717, 1.165) is 5.56 Å². The van der Waals surface area contributed by atoms with Crippen molar-refractivity contribution in [3.8, 4) is 6.07 Å². The third kappa shape index (κ3) is 2.88. The number of primary amides is 1. The summed E-state index contributed by atoms with van der Waals surface area (Å²) < 4.78 is 4.99. The Morgan fingerprint density at radius 2 is 2.07 bits per heavy atom. The van der Waals surface area contributed by atoms with Crippen LogP contribution in [0, 0.1) is 11.3 Å². The summed E-state index contributed by atoms with van der Waals surface area (Å²) >= 11 is 0. The quantitative estimate of drug-likeness (QED) is 0.714. The normalized spacial score (nSPS) is 9.36. The molecule has 4 heteroatoms. The van der Waals surface area contributed by atoms with Gasteiger partial charge in [0.2, 0.25) is 5.91 Å². The van der Waals surface area contributed by atoms with Crippen molar-refractivity contribution >= 4 is 5.91 Å². The summed E-state index contributed by atoms with van der Waals surface area (Å²) in [5.41, 5.74) is 6.45. The maximum atomic E-state index is 10.7. The number of nitrogens with two attached hydrogens (primary N) is 1. The minimum absolute atomic E-state index is 0.0670. The van der Waals surface area contributed by atoms with Crippen molar-refractivity contribution in [3.05, 3.63) is 35.4 Å². The second-order valence-electron chi connectivity index (χ2n) is 2.71. The second-order valence-corrected chi connectivity index (χ2v) is 2.71. The number of carbonyl (C=O) groups is 1. The molecule has 0 unspecified atom stereocenters. The summed E-state index contributed by atoms with van der Waals surface area (Å²) in [4.78, 5) is 10.7. The van der Waals surface area contributed by atoms with Gasteiger partial charge in [-0.15, -0.1) is 0 Å². The smallest absolute Gasteiger partial charge is 0.248 e. The van der Waals surface area contributed by atoms with Crippen molar-refractivity contribution in [1.29, 1.82) is 5.26 Å². The van der Waals surface area contributed by atoms with E-state index in [1.54, 1.807) is 24.3 Å². The Hall–Kier alpha value is -1.86. The average Bonchev–Trinajstić information content (AvgIpc) is 2.19. The molecule has 0 aliphatic carbocycles. The van der Waals surface area contributed by atoms with Gasteiger partial charge in [-0.3, -0.25) is 4.79 Å². The van der Waals surface area contributed by atoms with Gasteiger partial charge in [0, 0.05) is 5.56 Å². The summed E-state index contributed by atoms with van der Waals surface area (Å²) in [5.74, 6) is -0.450. The van der Waals surface area contributed by atoms with Gasteiger partial charge in [-0.25, -0.2) is 0 Å². The van der Waals surface area contributed by atoms with Crippen LogP contribution in [0.1, 0.15) is 15.9 Å². The Balaban J connectivity index is 2.56. The number of ether oxygens (including phenoxy) is 1. The first kappa shape index (κ1) is 10.2. The molecule has 0 aliphatic heterocycles. The Morgan fingerprint density at radius 3 is 2.57 bits per heavy atom. The van der Waals surface area contributed by atoms with E-state index < -0.39 is 5.91 Å². The fourth-order valence-corrected chi connectivity index (χ4v) is 0.980. The molecule has 2 N–H and O–H groups in total. The number of nitriles is 1. The first-order valence-electron chi connectivity index (χ1n) is 4.07. The average molecular weight is 190 g/mol. The first-order chi connectivity index (χ1) is 6.74. The molecule has 0 saturated heterocycles. The zero-order valence-corrected chi connectivity index (χ0v) is 7.56. The van der Waals surface area contributed by atoms with Crippen molar-refractivity contribution in [2.45, 2.75) is 6.61 Å². The van der Waals surface area contributed by atoms with Crippen LogP contribution in [-0.2, 0) is 11.3 Å². The van der Waals surface area contributed by atoms with Crippen LogP contribution in [0.4, 0.5) is 0 Å². The molecule has 0 aliphatic rings. The molecule has 4 nitrogen and oxygen atoms in total. The fraction of sp³-hybridized carbons (Fsp3) is 0.200. The van der Waals surface area contributed by atoms with Crippen LogP contribution in [-0.4, -0.2) is 12.5 Å². The molecule has 1 aromatic rings. The summed E-state index contributed by atoms with van der Waals surface area (Å²) in [6, 6.07) is 8.63. The maximum Gasteiger partial charge on any atom is 0.248 e. The Bertz CT molecular complexity index is 351. The highest BCUT2D eigenvalue weighted by atomic mass is 16.5. The predicted octanol–water partition coefficient (Wildman–Crippen LogP) is 0.826. The predicted molar refractivity (Wildman–Crippen MR) is 50.2 cm³/mol. The van der Waals surface area contributed by atoms with Crippen molar-refractivity contribution < 1.29 is 9.53 Å². The first-order valence-corrected chi connectivity index (χ1v) is 4.07. The number of benzene rings is 1. The minimum atomic E-state index is -0.450. The highest BCUT2D eigenvalue weighted by Gasteiger charge is 1.99. The van der Waals surface area contributed by atoms with E-state index in [2.05, 4.69) is 0 Å². The van der Waals surface area contributed by atoms with Crippen LogP contribution in [0.25, 0.3) is 0 Å². The molecule has 72 valence electrons. The molecule has 0 radical (unpaired) electrons. The number of carbonyl (C=O) groups excluding carboxylic acids is 1. The monoisotopic (exact) mass is 190 g/mol. The molecule has 1 rings (SSSR count). The Kier molecular flexibility index (Phi) is 3.65. The molecule has 0 bridgehead atoms. The highest BCUT2D eigenvalue weighted by Crippen LogP contribution is 2.04. The van der Waals surface area contributed by atoms with Gasteiger partial charge in [-0.2, -0.15) is 5.26 Å². The molecule has 0 heterocycles. The number of hydrogen-bond donors (Lipinski definition) is 1. The van der Waals surface area contributed by atoms with Crippen molar-refractivity contribution in [3.63, 3.8) is 0 Å². The zero-order chi connectivity index (χ0) is 10.4. The lowest BCUT2D eigenvalue weighted by atomic mass is 10.1. The maximum absolute atomic E-state index is 10.7. The third-order valence-electron chi connectivity index (χ3n) is 1.67. The molecular formula is C10H10N2O2. The second kappa shape index (κ2) is 5.00. The van der Waals surface area contributed by atoms with Crippen molar-refractivity contribution in [1.82, 2.24) is 0 Å². The van der Waals surface area contributed by atoms with E-state index in [1.807, 2.05) is 6.07 Å². The van der Waals surface area contributed by atoms with Gasteiger partial charge in [0.25, 0.3) is 0 Å².